The summed E-state index contributed by atoms with van der Waals surface area (Å²) in [5.41, 5.74) is 2.08. The number of nitrogens with zero attached hydrogens (tertiary/aromatic N) is 2. The third-order valence-corrected chi connectivity index (χ3v) is 7.47. The summed E-state index contributed by atoms with van der Waals surface area (Å²) in [7, 11) is 1.55. The molecule has 0 radical (unpaired) electrons. The van der Waals surface area contributed by atoms with Crippen LogP contribution in [0.4, 0.5) is 5.69 Å². The summed E-state index contributed by atoms with van der Waals surface area (Å²) >= 11 is 2.79. The van der Waals surface area contributed by atoms with Gasteiger partial charge in [0.15, 0.2) is 0 Å². The number of allylic oxidation sites excluding steroid dienone is 2. The fourth-order valence-electron chi connectivity index (χ4n) is 3.81. The van der Waals surface area contributed by atoms with Gasteiger partial charge < -0.3 is 20.3 Å². The third-order valence-electron chi connectivity index (χ3n) is 5.53. The van der Waals surface area contributed by atoms with Gasteiger partial charge in [-0.25, -0.2) is 0 Å². The SMILES string of the molecule is CCN(CC)C(=O)CSC1=C(C#N)C(c2cccs2)C(C(=O)Nc2ccccc2OC)=C(C)N1. The number of rotatable bonds is 9. The number of thiophene rings is 1. The molecule has 1 aliphatic heterocycles. The predicted octanol–water partition coefficient (Wildman–Crippen LogP) is 4.69. The van der Waals surface area contributed by atoms with Crippen LogP contribution >= 0.6 is 23.1 Å². The second-order valence-electron chi connectivity index (χ2n) is 7.48. The molecule has 2 aromatic rings. The Morgan fingerprint density at radius 3 is 2.59 bits per heavy atom. The number of nitrogens with one attached hydrogen (secondary N) is 2. The molecular formula is C25H28N4O3S2. The van der Waals surface area contributed by atoms with Crippen LogP contribution in [0.25, 0.3) is 0 Å². The maximum absolute atomic E-state index is 13.5. The number of thioether (sulfide) groups is 1. The zero-order valence-electron chi connectivity index (χ0n) is 19.7. The summed E-state index contributed by atoms with van der Waals surface area (Å²) in [6.45, 7) is 6.97. The quantitative estimate of drug-likeness (QED) is 0.523. The Labute approximate surface area is 208 Å². The smallest absolute Gasteiger partial charge is 0.254 e. The molecule has 3 rings (SSSR count). The summed E-state index contributed by atoms with van der Waals surface area (Å²) in [5.74, 6) is -0.0816. The van der Waals surface area contributed by atoms with Crippen molar-refractivity contribution in [3.8, 4) is 11.8 Å². The van der Waals surface area contributed by atoms with Crippen molar-refractivity contribution in [3.63, 3.8) is 0 Å². The van der Waals surface area contributed by atoms with Crippen LogP contribution in [0.1, 0.15) is 31.6 Å². The summed E-state index contributed by atoms with van der Waals surface area (Å²) in [6, 6.07) is 13.3. The zero-order valence-corrected chi connectivity index (χ0v) is 21.3. The first-order chi connectivity index (χ1) is 16.4. The lowest BCUT2D eigenvalue weighted by atomic mass is 9.86. The van der Waals surface area contributed by atoms with Gasteiger partial charge in [-0.3, -0.25) is 9.59 Å². The summed E-state index contributed by atoms with van der Waals surface area (Å²) in [5, 5.41) is 18.8. The van der Waals surface area contributed by atoms with Gasteiger partial charge in [0.25, 0.3) is 5.91 Å². The number of para-hydroxylation sites is 2. The minimum Gasteiger partial charge on any atom is -0.495 e. The van der Waals surface area contributed by atoms with Crippen LogP contribution in [0.15, 0.2) is 63.7 Å². The standard InChI is InChI=1S/C25H28N4O3S2/c1-5-29(6-2)21(30)15-34-25-17(14-26)23(20-12-9-13-33-20)22(16(3)27-25)24(31)28-18-10-7-8-11-19(18)32-4/h7-13,23,27H,5-6,15H2,1-4H3,(H,28,31). The minimum atomic E-state index is -0.535. The molecule has 7 nitrogen and oxygen atoms in total. The highest BCUT2D eigenvalue weighted by Crippen LogP contribution is 2.42. The van der Waals surface area contributed by atoms with Gasteiger partial charge in [-0.2, -0.15) is 5.26 Å². The number of ether oxygens (including phenoxy) is 1. The molecule has 34 heavy (non-hydrogen) atoms. The van der Waals surface area contributed by atoms with Crippen molar-refractivity contribution < 1.29 is 14.3 Å². The van der Waals surface area contributed by atoms with E-state index in [1.807, 2.05) is 50.4 Å². The third kappa shape index (κ3) is 5.46. The lowest BCUT2D eigenvalue weighted by Crippen LogP contribution is -2.33. The van der Waals surface area contributed by atoms with E-state index in [4.69, 9.17) is 4.74 Å². The van der Waals surface area contributed by atoms with Crippen molar-refractivity contribution in [2.75, 3.05) is 31.3 Å². The van der Waals surface area contributed by atoms with Crippen LogP contribution in [0.3, 0.4) is 0 Å². The van der Waals surface area contributed by atoms with Crippen molar-refractivity contribution in [3.05, 3.63) is 68.5 Å². The van der Waals surface area contributed by atoms with Gasteiger partial charge in [-0.1, -0.05) is 30.0 Å². The summed E-state index contributed by atoms with van der Waals surface area (Å²) in [6.07, 6.45) is 0. The van der Waals surface area contributed by atoms with Crippen LogP contribution in [0.5, 0.6) is 5.75 Å². The van der Waals surface area contributed by atoms with E-state index in [0.29, 0.717) is 46.4 Å². The average molecular weight is 497 g/mol. The first-order valence-corrected chi connectivity index (χ1v) is 12.8. The number of nitriles is 1. The predicted molar refractivity (Wildman–Crippen MR) is 138 cm³/mol. The van der Waals surface area contributed by atoms with Gasteiger partial charge >= 0.3 is 0 Å². The lowest BCUT2D eigenvalue weighted by molar-refractivity contribution is -0.128. The average Bonchev–Trinajstić information content (AvgIpc) is 3.38. The number of dihydropyridines is 1. The molecule has 0 aliphatic carbocycles. The zero-order chi connectivity index (χ0) is 24.7. The second kappa shape index (κ2) is 11.8. The molecule has 2 amide bonds. The number of amides is 2. The van der Waals surface area contributed by atoms with Crippen LogP contribution in [0, 0.1) is 11.3 Å². The van der Waals surface area contributed by atoms with E-state index in [0.717, 1.165) is 4.88 Å². The number of benzene rings is 1. The summed E-state index contributed by atoms with van der Waals surface area (Å²) < 4.78 is 5.37. The van der Waals surface area contributed by atoms with Gasteiger partial charge in [-0.15, -0.1) is 11.3 Å². The monoisotopic (exact) mass is 496 g/mol. The van der Waals surface area contributed by atoms with Crippen LogP contribution in [-0.2, 0) is 9.59 Å². The number of carbonyl (C=O) groups excluding carboxylic acids is 2. The molecule has 1 unspecified atom stereocenters. The molecule has 0 saturated heterocycles. The Morgan fingerprint density at radius 1 is 1.24 bits per heavy atom. The van der Waals surface area contributed by atoms with Crippen molar-refractivity contribution in [2.45, 2.75) is 26.7 Å². The second-order valence-corrected chi connectivity index (χ2v) is 9.44. The van der Waals surface area contributed by atoms with E-state index in [9.17, 15) is 14.9 Å². The highest BCUT2D eigenvalue weighted by atomic mass is 32.2. The van der Waals surface area contributed by atoms with E-state index >= 15 is 0 Å². The first-order valence-electron chi connectivity index (χ1n) is 10.9. The van der Waals surface area contributed by atoms with E-state index in [1.165, 1.54) is 23.1 Å². The molecule has 1 aliphatic rings. The maximum Gasteiger partial charge on any atom is 0.254 e. The van der Waals surface area contributed by atoms with Crippen LogP contribution in [-0.4, -0.2) is 42.7 Å². The molecule has 2 N–H and O–H groups in total. The Balaban J connectivity index is 1.95. The van der Waals surface area contributed by atoms with Gasteiger partial charge in [0.2, 0.25) is 5.91 Å². The maximum atomic E-state index is 13.5. The van der Waals surface area contributed by atoms with E-state index < -0.39 is 5.92 Å². The largest absolute Gasteiger partial charge is 0.495 e. The molecule has 178 valence electrons. The van der Waals surface area contributed by atoms with E-state index in [2.05, 4.69) is 16.7 Å². The van der Waals surface area contributed by atoms with Gasteiger partial charge in [0, 0.05) is 29.2 Å². The topological polar surface area (TPSA) is 94.5 Å². The molecule has 1 aromatic heterocycles. The van der Waals surface area contributed by atoms with Crippen molar-refractivity contribution in [2.24, 2.45) is 0 Å². The van der Waals surface area contributed by atoms with Crippen molar-refractivity contribution in [1.82, 2.24) is 10.2 Å². The number of anilines is 1. The highest BCUT2D eigenvalue weighted by molar-refractivity contribution is 8.03. The van der Waals surface area contributed by atoms with E-state index in [-0.39, 0.29) is 17.6 Å². The highest BCUT2D eigenvalue weighted by Gasteiger charge is 2.35. The Hall–Kier alpha value is -3.22. The molecule has 2 heterocycles. The summed E-state index contributed by atoms with van der Waals surface area (Å²) in [4.78, 5) is 28.7. The van der Waals surface area contributed by atoms with E-state index in [1.54, 1.807) is 24.1 Å². The number of hydrogen-bond donors (Lipinski definition) is 2. The Kier molecular flexibility index (Phi) is 8.79. The van der Waals surface area contributed by atoms with Gasteiger partial charge in [0.05, 0.1) is 41.1 Å². The fraction of sp³-hybridized carbons (Fsp3) is 0.320. The van der Waals surface area contributed by atoms with Crippen molar-refractivity contribution in [1.29, 1.82) is 5.26 Å². The molecule has 0 bridgehead atoms. The molecule has 9 heteroatoms. The molecule has 0 fully saturated rings. The first kappa shape index (κ1) is 25.4. The number of methoxy groups -OCH3 is 1. The fourth-order valence-corrected chi connectivity index (χ4v) is 5.64. The number of hydrogen-bond acceptors (Lipinski definition) is 7. The van der Waals surface area contributed by atoms with Crippen LogP contribution in [0.2, 0.25) is 0 Å². The Morgan fingerprint density at radius 2 is 1.97 bits per heavy atom. The molecule has 1 atom stereocenters. The molecule has 0 saturated carbocycles. The lowest BCUT2D eigenvalue weighted by Gasteiger charge is -2.29. The normalized spacial score (nSPS) is 15.4. The van der Waals surface area contributed by atoms with Gasteiger partial charge in [-0.05, 0) is 44.4 Å². The Bertz CT molecular complexity index is 1150. The minimum absolute atomic E-state index is 0.00982. The molecule has 1 aromatic carbocycles. The van der Waals surface area contributed by atoms with Gasteiger partial charge in [0.1, 0.15) is 5.75 Å². The van der Waals surface area contributed by atoms with Crippen LogP contribution < -0.4 is 15.4 Å². The molecular weight excluding hydrogens is 468 g/mol. The molecule has 0 spiro atoms. The number of carbonyl (C=O) groups is 2. The van der Waals surface area contributed by atoms with Crippen molar-refractivity contribution >= 4 is 40.6 Å².